The van der Waals surface area contributed by atoms with Crippen LogP contribution < -0.4 is 4.90 Å². The number of anilines is 1. The highest BCUT2D eigenvalue weighted by atomic mass is 35.5. The topological polar surface area (TPSA) is 38.2 Å². The Kier molecular flexibility index (Phi) is 4.18. The van der Waals surface area contributed by atoms with Gasteiger partial charge in [0.05, 0.1) is 0 Å². The van der Waals surface area contributed by atoms with Crippen molar-refractivity contribution in [1.82, 2.24) is 9.97 Å². The fourth-order valence-corrected chi connectivity index (χ4v) is 2.41. The van der Waals surface area contributed by atoms with Crippen molar-refractivity contribution >= 4 is 17.4 Å². The van der Waals surface area contributed by atoms with Gasteiger partial charge in [-0.05, 0) is 37.3 Å². The van der Waals surface area contributed by atoms with Crippen LogP contribution in [0.3, 0.4) is 0 Å². The van der Waals surface area contributed by atoms with Gasteiger partial charge in [0.1, 0.15) is 5.82 Å². The van der Waals surface area contributed by atoms with Crippen LogP contribution in [0.5, 0.6) is 0 Å². The molecule has 1 aliphatic heterocycles. The van der Waals surface area contributed by atoms with E-state index < -0.39 is 0 Å². The average molecular weight is 256 g/mol. The molecule has 1 aliphatic rings. The standard InChI is InChI=1S/C12H18ClN3O/c1-9-7-14-12(13)15-11(9)16-5-3-10(4-6-16)8-17-2/h7,10H,3-6,8H2,1-2H3. The number of methoxy groups -OCH3 is 1. The summed E-state index contributed by atoms with van der Waals surface area (Å²) in [5, 5.41) is 0.324. The van der Waals surface area contributed by atoms with Gasteiger partial charge in [-0.2, -0.15) is 0 Å². The number of hydrogen-bond acceptors (Lipinski definition) is 4. The van der Waals surface area contributed by atoms with E-state index in [0.717, 1.165) is 43.9 Å². The van der Waals surface area contributed by atoms with Crippen molar-refractivity contribution < 1.29 is 4.74 Å². The zero-order valence-electron chi connectivity index (χ0n) is 10.3. The molecule has 1 saturated heterocycles. The first-order valence-corrected chi connectivity index (χ1v) is 6.31. The fraction of sp³-hybridized carbons (Fsp3) is 0.667. The summed E-state index contributed by atoms with van der Waals surface area (Å²) < 4.78 is 5.20. The molecule has 0 spiro atoms. The third-order valence-corrected chi connectivity index (χ3v) is 3.41. The number of aryl methyl sites for hydroxylation is 1. The molecule has 17 heavy (non-hydrogen) atoms. The molecular weight excluding hydrogens is 238 g/mol. The van der Waals surface area contributed by atoms with Crippen molar-refractivity contribution in [3.63, 3.8) is 0 Å². The normalized spacial score (nSPS) is 17.5. The van der Waals surface area contributed by atoms with E-state index in [4.69, 9.17) is 16.3 Å². The van der Waals surface area contributed by atoms with Gasteiger partial charge in [0.25, 0.3) is 0 Å². The third-order valence-electron chi connectivity index (χ3n) is 3.23. The van der Waals surface area contributed by atoms with Crippen LogP contribution in [0.2, 0.25) is 5.28 Å². The lowest BCUT2D eigenvalue weighted by Gasteiger charge is -2.33. The molecule has 0 saturated carbocycles. The lowest BCUT2D eigenvalue weighted by atomic mass is 9.97. The molecule has 0 aromatic carbocycles. The summed E-state index contributed by atoms with van der Waals surface area (Å²) in [5.41, 5.74) is 1.08. The second-order valence-electron chi connectivity index (χ2n) is 4.53. The summed E-state index contributed by atoms with van der Waals surface area (Å²) in [7, 11) is 1.76. The summed E-state index contributed by atoms with van der Waals surface area (Å²) in [6.07, 6.45) is 4.08. The Labute approximate surface area is 107 Å². The molecule has 2 rings (SSSR count). The number of hydrogen-bond donors (Lipinski definition) is 0. The van der Waals surface area contributed by atoms with E-state index in [1.54, 1.807) is 13.3 Å². The van der Waals surface area contributed by atoms with Gasteiger partial charge >= 0.3 is 0 Å². The first-order valence-electron chi connectivity index (χ1n) is 5.93. The Morgan fingerprint density at radius 3 is 2.82 bits per heavy atom. The molecule has 5 heteroatoms. The maximum absolute atomic E-state index is 5.85. The molecule has 0 aliphatic carbocycles. The smallest absolute Gasteiger partial charge is 0.224 e. The maximum Gasteiger partial charge on any atom is 0.224 e. The molecule has 94 valence electrons. The lowest BCUT2D eigenvalue weighted by molar-refractivity contribution is 0.139. The molecule has 0 N–H and O–H groups in total. The molecule has 0 bridgehead atoms. The van der Waals surface area contributed by atoms with Crippen molar-refractivity contribution in [3.05, 3.63) is 17.0 Å². The van der Waals surface area contributed by atoms with Crippen molar-refractivity contribution in [2.75, 3.05) is 31.7 Å². The molecule has 2 heterocycles. The second kappa shape index (κ2) is 5.65. The van der Waals surface area contributed by atoms with Gasteiger partial charge < -0.3 is 9.64 Å². The first-order chi connectivity index (χ1) is 8.20. The molecule has 1 aromatic heterocycles. The van der Waals surface area contributed by atoms with Crippen LogP contribution in [0, 0.1) is 12.8 Å². The van der Waals surface area contributed by atoms with Crippen LogP contribution in [0.15, 0.2) is 6.20 Å². The van der Waals surface area contributed by atoms with Gasteiger partial charge in [-0.15, -0.1) is 0 Å². The Hall–Kier alpha value is -0.870. The van der Waals surface area contributed by atoms with Crippen molar-refractivity contribution in [3.8, 4) is 0 Å². The molecular formula is C12H18ClN3O. The fourth-order valence-electron chi connectivity index (χ4n) is 2.28. The molecule has 0 unspecified atom stereocenters. The number of ether oxygens (including phenoxy) is 1. The van der Waals surface area contributed by atoms with E-state index in [2.05, 4.69) is 14.9 Å². The van der Waals surface area contributed by atoms with Crippen LogP contribution in [0.4, 0.5) is 5.82 Å². The quantitative estimate of drug-likeness (QED) is 0.777. The highest BCUT2D eigenvalue weighted by Gasteiger charge is 2.21. The minimum absolute atomic E-state index is 0.324. The van der Waals surface area contributed by atoms with Gasteiger partial charge in [0.15, 0.2) is 0 Å². The number of aromatic nitrogens is 2. The number of piperidine rings is 1. The van der Waals surface area contributed by atoms with Crippen molar-refractivity contribution in [1.29, 1.82) is 0 Å². The summed E-state index contributed by atoms with van der Waals surface area (Å²) in [4.78, 5) is 10.6. The zero-order chi connectivity index (χ0) is 12.3. The predicted octanol–water partition coefficient (Wildman–Crippen LogP) is 2.30. The highest BCUT2D eigenvalue weighted by molar-refractivity contribution is 6.28. The Morgan fingerprint density at radius 2 is 2.18 bits per heavy atom. The third kappa shape index (κ3) is 3.07. The highest BCUT2D eigenvalue weighted by Crippen LogP contribution is 2.24. The van der Waals surface area contributed by atoms with Gasteiger partial charge in [-0.3, -0.25) is 0 Å². The average Bonchev–Trinajstić information content (AvgIpc) is 2.34. The van der Waals surface area contributed by atoms with Gasteiger partial charge in [-0.25, -0.2) is 9.97 Å². The summed E-state index contributed by atoms with van der Waals surface area (Å²) in [6, 6.07) is 0. The molecule has 4 nitrogen and oxygen atoms in total. The number of halogens is 1. The minimum Gasteiger partial charge on any atom is -0.384 e. The predicted molar refractivity (Wildman–Crippen MR) is 68.6 cm³/mol. The molecule has 0 radical (unpaired) electrons. The van der Waals surface area contributed by atoms with E-state index in [9.17, 15) is 0 Å². The molecule has 1 fully saturated rings. The monoisotopic (exact) mass is 255 g/mol. The summed E-state index contributed by atoms with van der Waals surface area (Å²) >= 11 is 5.85. The minimum atomic E-state index is 0.324. The van der Waals surface area contributed by atoms with E-state index in [0.29, 0.717) is 11.2 Å². The van der Waals surface area contributed by atoms with Crippen LogP contribution >= 0.6 is 11.6 Å². The van der Waals surface area contributed by atoms with E-state index in [1.807, 2.05) is 6.92 Å². The Balaban J connectivity index is 2.02. The Bertz CT molecular complexity index is 378. The number of rotatable bonds is 3. The van der Waals surface area contributed by atoms with E-state index in [-0.39, 0.29) is 0 Å². The number of nitrogens with zero attached hydrogens (tertiary/aromatic N) is 3. The first kappa shape index (κ1) is 12.6. The lowest BCUT2D eigenvalue weighted by Crippen LogP contribution is -2.36. The summed E-state index contributed by atoms with van der Waals surface area (Å²) in [6.45, 7) is 4.91. The van der Waals surface area contributed by atoms with Crippen LogP contribution in [-0.4, -0.2) is 36.8 Å². The SMILES string of the molecule is COCC1CCN(c2nc(Cl)ncc2C)CC1. The molecule has 1 aromatic rings. The van der Waals surface area contributed by atoms with Gasteiger partial charge in [-0.1, -0.05) is 0 Å². The second-order valence-corrected chi connectivity index (χ2v) is 4.87. The van der Waals surface area contributed by atoms with Crippen molar-refractivity contribution in [2.45, 2.75) is 19.8 Å². The van der Waals surface area contributed by atoms with Crippen LogP contribution in [-0.2, 0) is 4.74 Å². The van der Waals surface area contributed by atoms with Crippen LogP contribution in [0.25, 0.3) is 0 Å². The van der Waals surface area contributed by atoms with Crippen molar-refractivity contribution in [2.24, 2.45) is 5.92 Å². The van der Waals surface area contributed by atoms with Gasteiger partial charge in [0, 0.05) is 38.6 Å². The largest absolute Gasteiger partial charge is 0.384 e. The maximum atomic E-state index is 5.85. The van der Waals surface area contributed by atoms with Gasteiger partial charge in [0.2, 0.25) is 5.28 Å². The molecule has 0 atom stereocenters. The van der Waals surface area contributed by atoms with E-state index >= 15 is 0 Å². The molecule has 0 amide bonds. The summed E-state index contributed by atoms with van der Waals surface area (Å²) in [5.74, 6) is 1.65. The Morgan fingerprint density at radius 1 is 1.47 bits per heavy atom. The van der Waals surface area contributed by atoms with E-state index in [1.165, 1.54) is 0 Å². The zero-order valence-corrected chi connectivity index (χ0v) is 11.1. The van der Waals surface area contributed by atoms with Crippen LogP contribution in [0.1, 0.15) is 18.4 Å².